The van der Waals surface area contributed by atoms with Gasteiger partial charge in [0.1, 0.15) is 5.82 Å². The Kier molecular flexibility index (Phi) is 6.42. The molecule has 7 heteroatoms. The van der Waals surface area contributed by atoms with Gasteiger partial charge in [0.25, 0.3) is 0 Å². The van der Waals surface area contributed by atoms with Crippen molar-refractivity contribution in [3.05, 3.63) is 41.5 Å². The molecule has 2 heterocycles. The number of carbonyl (C=O) groups excluding carboxylic acids is 1. The topological polar surface area (TPSA) is 62.5 Å². The smallest absolute Gasteiger partial charge is 0.318 e. The zero-order chi connectivity index (χ0) is 19.2. The van der Waals surface area contributed by atoms with E-state index >= 15 is 0 Å². The highest BCUT2D eigenvalue weighted by atomic mass is 19.1. The predicted octanol–water partition coefficient (Wildman–Crippen LogP) is 3.39. The fourth-order valence-corrected chi connectivity index (χ4v) is 3.15. The van der Waals surface area contributed by atoms with E-state index in [2.05, 4.69) is 10.2 Å². The summed E-state index contributed by atoms with van der Waals surface area (Å²) in [6.45, 7) is 6.81. The Bertz CT molecular complexity index is 737. The molecule has 0 unspecified atom stereocenters. The highest BCUT2D eigenvalue weighted by molar-refractivity contribution is 5.76. The van der Waals surface area contributed by atoms with Crippen molar-refractivity contribution < 1.29 is 13.6 Å². The summed E-state index contributed by atoms with van der Waals surface area (Å²) >= 11 is 0. The van der Waals surface area contributed by atoms with Crippen molar-refractivity contribution in [1.29, 1.82) is 0 Å². The van der Waals surface area contributed by atoms with Gasteiger partial charge < -0.3 is 14.2 Å². The van der Waals surface area contributed by atoms with Crippen LogP contribution < -0.4 is 4.90 Å². The summed E-state index contributed by atoms with van der Waals surface area (Å²) in [5, 5.41) is 8.17. The van der Waals surface area contributed by atoms with Crippen LogP contribution in [-0.2, 0) is 11.2 Å². The highest BCUT2D eigenvalue weighted by Gasteiger charge is 2.24. The van der Waals surface area contributed by atoms with Gasteiger partial charge in [-0.1, -0.05) is 31.1 Å². The molecule has 1 aromatic heterocycles. The van der Waals surface area contributed by atoms with Crippen LogP contribution in [0.25, 0.3) is 0 Å². The van der Waals surface area contributed by atoms with Crippen LogP contribution in [0.3, 0.4) is 0 Å². The molecule has 0 N–H and O–H groups in total. The first-order valence-corrected chi connectivity index (χ1v) is 9.63. The van der Waals surface area contributed by atoms with Crippen LogP contribution in [0, 0.1) is 5.82 Å². The zero-order valence-electron chi connectivity index (χ0n) is 16.0. The fraction of sp³-hybridized carbons (Fsp3) is 0.550. The van der Waals surface area contributed by atoms with Crippen molar-refractivity contribution >= 4 is 11.9 Å². The molecule has 1 aliphatic heterocycles. The maximum Gasteiger partial charge on any atom is 0.318 e. The van der Waals surface area contributed by atoms with E-state index in [1.54, 1.807) is 12.1 Å². The number of amides is 1. The van der Waals surface area contributed by atoms with Gasteiger partial charge in [-0.05, 0) is 37.0 Å². The Morgan fingerprint density at radius 3 is 2.44 bits per heavy atom. The van der Waals surface area contributed by atoms with Crippen molar-refractivity contribution in [2.24, 2.45) is 0 Å². The third kappa shape index (κ3) is 5.28. The second-order valence-electron chi connectivity index (χ2n) is 7.28. The molecule has 0 spiro atoms. The van der Waals surface area contributed by atoms with Gasteiger partial charge in [0.05, 0.1) is 0 Å². The molecule has 6 nitrogen and oxygen atoms in total. The SMILES string of the molecule is CC(C)c1nnc(N2CCN(C(=O)CCCCc3ccc(F)cc3)CC2)o1. The number of rotatable bonds is 7. The maximum atomic E-state index is 12.9. The van der Waals surface area contributed by atoms with E-state index in [0.29, 0.717) is 44.5 Å². The second-order valence-corrected chi connectivity index (χ2v) is 7.28. The zero-order valence-corrected chi connectivity index (χ0v) is 16.0. The predicted molar refractivity (Wildman–Crippen MR) is 101 cm³/mol. The Balaban J connectivity index is 1.37. The summed E-state index contributed by atoms with van der Waals surface area (Å²) in [6, 6.07) is 7.11. The van der Waals surface area contributed by atoms with Crippen LogP contribution >= 0.6 is 0 Å². The van der Waals surface area contributed by atoms with E-state index in [1.165, 1.54) is 12.1 Å². The molecule has 1 saturated heterocycles. The van der Waals surface area contributed by atoms with Crippen LogP contribution in [0.1, 0.15) is 50.5 Å². The first kappa shape index (κ1) is 19.3. The molecule has 1 fully saturated rings. The van der Waals surface area contributed by atoms with Crippen LogP contribution in [0.5, 0.6) is 0 Å². The van der Waals surface area contributed by atoms with Gasteiger partial charge in [-0.2, -0.15) is 0 Å². The third-order valence-corrected chi connectivity index (χ3v) is 4.85. The molecule has 2 aromatic rings. The normalized spacial score (nSPS) is 14.8. The number of unbranched alkanes of at least 4 members (excludes halogenated alkanes) is 1. The summed E-state index contributed by atoms with van der Waals surface area (Å²) in [5.74, 6) is 0.838. The van der Waals surface area contributed by atoms with Crippen molar-refractivity contribution in [3.63, 3.8) is 0 Å². The Labute approximate surface area is 159 Å². The third-order valence-electron chi connectivity index (χ3n) is 4.85. The largest absolute Gasteiger partial charge is 0.408 e. The van der Waals surface area contributed by atoms with E-state index in [4.69, 9.17) is 4.42 Å². The average Bonchev–Trinajstić information content (AvgIpc) is 3.17. The van der Waals surface area contributed by atoms with E-state index in [9.17, 15) is 9.18 Å². The number of anilines is 1. The molecule has 1 aliphatic rings. The standard InChI is InChI=1S/C20H27FN4O2/c1-15(2)19-22-23-20(27-19)25-13-11-24(12-14-25)18(26)6-4-3-5-16-7-9-17(21)10-8-16/h7-10,15H,3-6,11-14H2,1-2H3. The van der Waals surface area contributed by atoms with Crippen LogP contribution in [-0.4, -0.2) is 47.2 Å². The van der Waals surface area contributed by atoms with Gasteiger partial charge in [0.15, 0.2) is 0 Å². The first-order chi connectivity index (χ1) is 13.0. The fourth-order valence-electron chi connectivity index (χ4n) is 3.15. The average molecular weight is 374 g/mol. The molecule has 0 saturated carbocycles. The van der Waals surface area contributed by atoms with Crippen molar-refractivity contribution in [3.8, 4) is 0 Å². The van der Waals surface area contributed by atoms with Crippen molar-refractivity contribution in [2.45, 2.75) is 45.4 Å². The molecular weight excluding hydrogens is 347 g/mol. The summed E-state index contributed by atoms with van der Waals surface area (Å²) in [7, 11) is 0. The molecule has 0 aliphatic carbocycles. The number of hydrogen-bond acceptors (Lipinski definition) is 5. The Morgan fingerprint density at radius 1 is 1.11 bits per heavy atom. The molecule has 146 valence electrons. The van der Waals surface area contributed by atoms with E-state index < -0.39 is 0 Å². The molecule has 1 amide bonds. The molecule has 27 heavy (non-hydrogen) atoms. The molecule has 3 rings (SSSR count). The number of halogens is 1. The van der Waals surface area contributed by atoms with Gasteiger partial charge in [-0.3, -0.25) is 4.79 Å². The lowest BCUT2D eigenvalue weighted by atomic mass is 10.1. The number of benzene rings is 1. The molecule has 1 aromatic carbocycles. The Morgan fingerprint density at radius 2 is 1.81 bits per heavy atom. The van der Waals surface area contributed by atoms with Gasteiger partial charge in [0, 0.05) is 38.5 Å². The number of nitrogens with zero attached hydrogens (tertiary/aromatic N) is 4. The van der Waals surface area contributed by atoms with Gasteiger partial charge in [-0.15, -0.1) is 5.10 Å². The molecule has 0 radical (unpaired) electrons. The summed E-state index contributed by atoms with van der Waals surface area (Å²) in [6.07, 6.45) is 3.20. The monoisotopic (exact) mass is 374 g/mol. The van der Waals surface area contributed by atoms with Gasteiger partial charge in [-0.25, -0.2) is 4.39 Å². The van der Waals surface area contributed by atoms with E-state index in [1.807, 2.05) is 23.6 Å². The Hall–Kier alpha value is -2.44. The van der Waals surface area contributed by atoms with Crippen LogP contribution in [0.2, 0.25) is 0 Å². The van der Waals surface area contributed by atoms with Crippen LogP contribution in [0.4, 0.5) is 10.4 Å². The quantitative estimate of drug-likeness (QED) is 0.695. The lowest BCUT2D eigenvalue weighted by molar-refractivity contribution is -0.131. The molecule has 0 atom stereocenters. The van der Waals surface area contributed by atoms with Crippen molar-refractivity contribution in [2.75, 3.05) is 31.1 Å². The number of piperazine rings is 1. The minimum Gasteiger partial charge on any atom is -0.408 e. The highest BCUT2D eigenvalue weighted by Crippen LogP contribution is 2.20. The van der Waals surface area contributed by atoms with Crippen molar-refractivity contribution in [1.82, 2.24) is 15.1 Å². The number of aryl methyl sites for hydroxylation is 1. The number of carbonyl (C=O) groups is 1. The molecular formula is C20H27FN4O2. The summed E-state index contributed by atoms with van der Waals surface area (Å²) in [5.41, 5.74) is 1.11. The lowest BCUT2D eigenvalue weighted by Crippen LogP contribution is -2.48. The second kappa shape index (κ2) is 8.97. The lowest BCUT2D eigenvalue weighted by Gasteiger charge is -2.33. The van der Waals surface area contributed by atoms with E-state index in [-0.39, 0.29) is 17.6 Å². The van der Waals surface area contributed by atoms with E-state index in [0.717, 1.165) is 24.8 Å². The summed E-state index contributed by atoms with van der Waals surface area (Å²) < 4.78 is 18.6. The molecule has 0 bridgehead atoms. The number of hydrogen-bond donors (Lipinski definition) is 0. The number of aromatic nitrogens is 2. The summed E-state index contributed by atoms with van der Waals surface area (Å²) in [4.78, 5) is 16.3. The minimum absolute atomic E-state index is 0.196. The first-order valence-electron chi connectivity index (χ1n) is 9.63. The minimum atomic E-state index is -0.214. The van der Waals surface area contributed by atoms with Crippen LogP contribution in [0.15, 0.2) is 28.7 Å². The van der Waals surface area contributed by atoms with Gasteiger partial charge in [0.2, 0.25) is 11.8 Å². The van der Waals surface area contributed by atoms with Gasteiger partial charge >= 0.3 is 6.01 Å². The maximum absolute atomic E-state index is 12.9.